The molecule has 0 aliphatic carbocycles. The van der Waals surface area contributed by atoms with Crippen LogP contribution in [0.15, 0.2) is 24.3 Å². The van der Waals surface area contributed by atoms with Crippen LogP contribution in [0.4, 0.5) is 13.2 Å². The van der Waals surface area contributed by atoms with Gasteiger partial charge in [-0.1, -0.05) is 12.1 Å². The first-order valence-electron chi connectivity index (χ1n) is 6.25. The molecule has 0 fully saturated rings. The Morgan fingerprint density at radius 2 is 1.95 bits per heavy atom. The van der Waals surface area contributed by atoms with Crippen molar-refractivity contribution in [2.45, 2.75) is 19.1 Å². The van der Waals surface area contributed by atoms with Crippen LogP contribution in [-0.2, 0) is 17.5 Å². The molecule has 0 aliphatic rings. The van der Waals surface area contributed by atoms with Crippen LogP contribution in [0.1, 0.15) is 12.0 Å². The number of aromatic amines is 1. The standard InChI is InChI=1S/C13H14F3N3OS/c1-20-8-2-7-19-11(17-18-12(19)21)9-3-5-10(6-4-9)13(14,15)16/h3-6H,2,7-8H2,1H3,(H,18,21). The molecule has 2 aromatic rings. The minimum Gasteiger partial charge on any atom is -0.385 e. The van der Waals surface area contributed by atoms with Gasteiger partial charge >= 0.3 is 6.18 Å². The Balaban J connectivity index is 2.28. The molecule has 1 heterocycles. The van der Waals surface area contributed by atoms with Gasteiger partial charge < -0.3 is 9.30 Å². The number of nitrogens with zero attached hydrogens (tertiary/aromatic N) is 2. The number of benzene rings is 1. The van der Waals surface area contributed by atoms with Gasteiger partial charge in [0, 0.05) is 25.8 Å². The van der Waals surface area contributed by atoms with Crippen molar-refractivity contribution in [2.75, 3.05) is 13.7 Å². The molecule has 0 radical (unpaired) electrons. The highest BCUT2D eigenvalue weighted by molar-refractivity contribution is 7.71. The molecular weight excluding hydrogens is 303 g/mol. The van der Waals surface area contributed by atoms with E-state index in [4.69, 9.17) is 17.0 Å². The maximum Gasteiger partial charge on any atom is 0.416 e. The van der Waals surface area contributed by atoms with Gasteiger partial charge in [-0.15, -0.1) is 0 Å². The van der Waals surface area contributed by atoms with E-state index in [9.17, 15) is 13.2 Å². The third kappa shape index (κ3) is 3.70. The van der Waals surface area contributed by atoms with Gasteiger partial charge in [0.25, 0.3) is 0 Å². The van der Waals surface area contributed by atoms with Crippen molar-refractivity contribution >= 4 is 12.2 Å². The highest BCUT2D eigenvalue weighted by Crippen LogP contribution is 2.30. The van der Waals surface area contributed by atoms with Gasteiger partial charge in [0.1, 0.15) is 0 Å². The van der Waals surface area contributed by atoms with Crippen LogP contribution in [0.3, 0.4) is 0 Å². The monoisotopic (exact) mass is 317 g/mol. The maximum atomic E-state index is 12.6. The first-order valence-corrected chi connectivity index (χ1v) is 6.66. The zero-order valence-corrected chi connectivity index (χ0v) is 12.1. The molecule has 1 N–H and O–H groups in total. The Morgan fingerprint density at radius 1 is 1.29 bits per heavy atom. The van der Waals surface area contributed by atoms with Gasteiger partial charge in [0.2, 0.25) is 0 Å². The summed E-state index contributed by atoms with van der Waals surface area (Å²) >= 11 is 5.13. The predicted molar refractivity (Wildman–Crippen MR) is 74.3 cm³/mol. The molecule has 0 amide bonds. The van der Waals surface area contributed by atoms with Gasteiger partial charge in [0.05, 0.1) is 5.56 Å². The molecule has 0 atom stereocenters. The topological polar surface area (TPSA) is 42.8 Å². The van der Waals surface area contributed by atoms with E-state index < -0.39 is 11.7 Å². The molecule has 2 rings (SSSR count). The first-order chi connectivity index (χ1) is 9.93. The molecule has 0 aliphatic heterocycles. The summed E-state index contributed by atoms with van der Waals surface area (Å²) in [5.41, 5.74) is -0.112. The van der Waals surface area contributed by atoms with Crippen molar-refractivity contribution in [3.05, 3.63) is 34.6 Å². The fourth-order valence-corrected chi connectivity index (χ4v) is 2.14. The van der Waals surface area contributed by atoms with E-state index in [2.05, 4.69) is 10.2 Å². The lowest BCUT2D eigenvalue weighted by Crippen LogP contribution is -2.06. The second kappa shape index (κ2) is 6.40. The number of alkyl halides is 3. The molecule has 114 valence electrons. The van der Waals surface area contributed by atoms with Crippen LogP contribution < -0.4 is 0 Å². The van der Waals surface area contributed by atoms with Crippen LogP contribution in [0.2, 0.25) is 0 Å². The third-order valence-corrected chi connectivity index (χ3v) is 3.27. The predicted octanol–water partition coefficient (Wildman–Crippen LogP) is 3.66. The van der Waals surface area contributed by atoms with Crippen molar-refractivity contribution in [1.29, 1.82) is 0 Å². The van der Waals surface area contributed by atoms with Gasteiger partial charge in [-0.2, -0.15) is 18.3 Å². The summed E-state index contributed by atoms with van der Waals surface area (Å²) in [4.78, 5) is 0. The normalized spacial score (nSPS) is 11.8. The minimum absolute atomic E-state index is 0.431. The average molecular weight is 317 g/mol. The molecule has 0 unspecified atom stereocenters. The molecular formula is C13H14F3N3OS. The quantitative estimate of drug-likeness (QED) is 0.676. The van der Waals surface area contributed by atoms with E-state index in [0.717, 1.165) is 18.6 Å². The molecule has 0 saturated carbocycles. The smallest absolute Gasteiger partial charge is 0.385 e. The average Bonchev–Trinajstić information content (AvgIpc) is 2.80. The number of rotatable bonds is 5. The minimum atomic E-state index is -4.35. The van der Waals surface area contributed by atoms with Crippen LogP contribution in [-0.4, -0.2) is 28.5 Å². The molecule has 1 aromatic carbocycles. The molecule has 8 heteroatoms. The zero-order valence-electron chi connectivity index (χ0n) is 11.3. The summed E-state index contributed by atoms with van der Waals surface area (Å²) < 4.78 is 44.8. The van der Waals surface area contributed by atoms with Crippen molar-refractivity contribution in [1.82, 2.24) is 14.8 Å². The summed E-state index contributed by atoms with van der Waals surface area (Å²) in [5.74, 6) is 0.518. The summed E-state index contributed by atoms with van der Waals surface area (Å²) in [5, 5.41) is 6.74. The number of nitrogens with one attached hydrogen (secondary N) is 1. The van der Waals surface area contributed by atoms with Gasteiger partial charge in [-0.05, 0) is 30.8 Å². The summed E-state index contributed by atoms with van der Waals surface area (Å²) in [6, 6.07) is 4.85. The number of hydrogen-bond acceptors (Lipinski definition) is 3. The lowest BCUT2D eigenvalue weighted by Gasteiger charge is -2.09. The molecule has 0 spiro atoms. The van der Waals surface area contributed by atoms with Crippen molar-refractivity contribution in [3.63, 3.8) is 0 Å². The van der Waals surface area contributed by atoms with Crippen LogP contribution in [0, 0.1) is 4.77 Å². The molecule has 0 saturated heterocycles. The Bertz CT molecular complexity index is 646. The Morgan fingerprint density at radius 3 is 2.52 bits per heavy atom. The molecule has 0 bridgehead atoms. The highest BCUT2D eigenvalue weighted by atomic mass is 32.1. The maximum absolute atomic E-state index is 12.6. The third-order valence-electron chi connectivity index (χ3n) is 2.96. The molecule has 4 nitrogen and oxygen atoms in total. The summed E-state index contributed by atoms with van der Waals surface area (Å²) in [6.45, 7) is 1.15. The first kappa shape index (κ1) is 15.7. The number of aromatic nitrogens is 3. The second-order valence-electron chi connectivity index (χ2n) is 4.43. The van der Waals surface area contributed by atoms with Crippen LogP contribution >= 0.6 is 12.2 Å². The van der Waals surface area contributed by atoms with Crippen LogP contribution in [0.25, 0.3) is 11.4 Å². The van der Waals surface area contributed by atoms with Crippen LogP contribution in [0.5, 0.6) is 0 Å². The van der Waals surface area contributed by atoms with Crippen molar-refractivity contribution < 1.29 is 17.9 Å². The van der Waals surface area contributed by atoms with E-state index in [0.29, 0.717) is 29.3 Å². The van der Waals surface area contributed by atoms with Crippen molar-refractivity contribution in [2.24, 2.45) is 0 Å². The molecule has 1 aromatic heterocycles. The van der Waals surface area contributed by atoms with E-state index in [-0.39, 0.29) is 0 Å². The van der Waals surface area contributed by atoms with Gasteiger partial charge in [-0.25, -0.2) is 0 Å². The number of hydrogen-bond donors (Lipinski definition) is 1. The Labute approximate surface area is 124 Å². The van der Waals surface area contributed by atoms with Crippen molar-refractivity contribution in [3.8, 4) is 11.4 Å². The summed E-state index contributed by atoms with van der Waals surface area (Å²) in [6.07, 6.45) is -3.61. The Hall–Kier alpha value is -1.67. The van der Waals surface area contributed by atoms with Gasteiger partial charge in [-0.3, -0.25) is 5.10 Å². The van der Waals surface area contributed by atoms with E-state index in [1.54, 1.807) is 11.7 Å². The number of ether oxygens (including phenoxy) is 1. The number of H-pyrrole nitrogens is 1. The van der Waals surface area contributed by atoms with E-state index >= 15 is 0 Å². The lowest BCUT2D eigenvalue weighted by molar-refractivity contribution is -0.137. The number of methoxy groups -OCH3 is 1. The largest absolute Gasteiger partial charge is 0.416 e. The SMILES string of the molecule is COCCCn1c(-c2ccc(C(F)(F)F)cc2)n[nH]c1=S. The van der Waals surface area contributed by atoms with E-state index in [1.165, 1.54) is 12.1 Å². The summed E-state index contributed by atoms with van der Waals surface area (Å²) in [7, 11) is 1.60. The fourth-order valence-electron chi connectivity index (χ4n) is 1.92. The van der Waals surface area contributed by atoms with E-state index in [1.807, 2.05) is 0 Å². The zero-order chi connectivity index (χ0) is 15.5. The Kier molecular flexibility index (Phi) is 4.79. The molecule has 21 heavy (non-hydrogen) atoms. The lowest BCUT2D eigenvalue weighted by atomic mass is 10.1. The second-order valence-corrected chi connectivity index (χ2v) is 4.81. The van der Waals surface area contributed by atoms with Gasteiger partial charge in [0.15, 0.2) is 10.6 Å². The number of halogens is 3. The highest BCUT2D eigenvalue weighted by Gasteiger charge is 2.30. The fraction of sp³-hybridized carbons (Fsp3) is 0.385.